The van der Waals surface area contributed by atoms with Gasteiger partial charge in [-0.3, -0.25) is 14.9 Å². The molecule has 3 heterocycles. The van der Waals surface area contributed by atoms with Crippen molar-refractivity contribution >= 4 is 23.4 Å². The second-order valence-corrected chi connectivity index (χ2v) is 8.61. The molecule has 0 amide bonds. The quantitative estimate of drug-likeness (QED) is 0.352. The molecule has 1 aliphatic rings. The van der Waals surface area contributed by atoms with Crippen LogP contribution in [0.1, 0.15) is 24.8 Å². The van der Waals surface area contributed by atoms with Crippen LogP contribution in [0.4, 0.5) is 0 Å². The zero-order valence-electron chi connectivity index (χ0n) is 18.3. The number of benzene rings is 2. The van der Waals surface area contributed by atoms with Crippen LogP contribution in [0, 0.1) is 0 Å². The molecule has 170 valence electrons. The zero-order chi connectivity index (χ0) is 22.4. The van der Waals surface area contributed by atoms with E-state index in [1.54, 1.807) is 24.7 Å². The number of hydrogen-bond acceptors (Lipinski definition) is 5. The summed E-state index contributed by atoms with van der Waals surface area (Å²) in [5.41, 5.74) is 11.2. The number of nitrogens with zero attached hydrogens (tertiary/aromatic N) is 2. The maximum Gasteiger partial charge on any atom is 0.201 e. The van der Waals surface area contributed by atoms with E-state index >= 15 is 0 Å². The molecule has 34 heavy (non-hydrogen) atoms. The van der Waals surface area contributed by atoms with Gasteiger partial charge in [0.05, 0.1) is 17.1 Å². The average Bonchev–Trinajstić information content (AvgIpc) is 3.38. The molecule has 3 aromatic heterocycles. The van der Waals surface area contributed by atoms with Gasteiger partial charge >= 0.3 is 0 Å². The first-order valence-electron chi connectivity index (χ1n) is 11.0. The van der Waals surface area contributed by atoms with Crippen molar-refractivity contribution in [2.45, 2.75) is 24.8 Å². The van der Waals surface area contributed by atoms with Gasteiger partial charge in [0.1, 0.15) is 11.5 Å². The van der Waals surface area contributed by atoms with Crippen LogP contribution in [0.25, 0.3) is 44.7 Å². The van der Waals surface area contributed by atoms with E-state index in [1.165, 1.54) is 0 Å². The summed E-state index contributed by atoms with van der Waals surface area (Å²) in [6, 6.07) is 19.4. The molecule has 0 aliphatic heterocycles. The zero-order valence-corrected chi connectivity index (χ0v) is 19.1. The minimum absolute atomic E-state index is 0. The minimum atomic E-state index is -0.250. The number of aromatic nitrogens is 3. The maximum absolute atomic E-state index is 13.9. The first-order chi connectivity index (χ1) is 16.1. The van der Waals surface area contributed by atoms with Gasteiger partial charge in [0, 0.05) is 29.1 Å². The summed E-state index contributed by atoms with van der Waals surface area (Å²) in [6.07, 6.45) is 8.16. The molecule has 5 aromatic rings. The lowest BCUT2D eigenvalue weighted by atomic mass is 9.72. The standard InChI is InChI=1S/C27H22N4O2.ClH/c28-27(12-4-13-27)20-9-7-17(8-10-20)22-24(32)21-11-14-29-23(19-15-30-31-16-19)26(21)33-25(22)18-5-2-1-3-6-18;/h1-3,5-11,14-16H,4,12-13,28H2,(H,30,31);1H. The Morgan fingerprint density at radius 1 is 0.941 bits per heavy atom. The average molecular weight is 471 g/mol. The van der Waals surface area contributed by atoms with Crippen LogP contribution < -0.4 is 11.2 Å². The summed E-state index contributed by atoms with van der Waals surface area (Å²) in [5.74, 6) is 0.518. The van der Waals surface area contributed by atoms with Crippen LogP contribution in [0.2, 0.25) is 0 Å². The van der Waals surface area contributed by atoms with Gasteiger partial charge in [-0.05, 0) is 36.5 Å². The Morgan fingerprint density at radius 3 is 2.35 bits per heavy atom. The molecule has 0 atom stereocenters. The molecule has 1 aliphatic carbocycles. The summed E-state index contributed by atoms with van der Waals surface area (Å²) < 4.78 is 6.47. The molecule has 0 bridgehead atoms. The molecular formula is C27H23ClN4O2. The fraction of sp³-hybridized carbons (Fsp3) is 0.148. The highest BCUT2D eigenvalue weighted by Gasteiger charge is 2.34. The molecule has 6 nitrogen and oxygen atoms in total. The number of H-pyrrole nitrogens is 1. The highest BCUT2D eigenvalue weighted by molar-refractivity contribution is 5.95. The number of pyridine rings is 1. The van der Waals surface area contributed by atoms with E-state index < -0.39 is 0 Å². The number of hydrogen-bond donors (Lipinski definition) is 2. The summed E-state index contributed by atoms with van der Waals surface area (Å²) in [7, 11) is 0. The highest BCUT2D eigenvalue weighted by Crippen LogP contribution is 2.40. The number of nitrogens with one attached hydrogen (secondary N) is 1. The van der Waals surface area contributed by atoms with E-state index in [2.05, 4.69) is 15.2 Å². The van der Waals surface area contributed by atoms with Crippen molar-refractivity contribution in [1.29, 1.82) is 0 Å². The van der Waals surface area contributed by atoms with Crippen LogP contribution in [0.3, 0.4) is 0 Å². The molecule has 2 aromatic carbocycles. The van der Waals surface area contributed by atoms with E-state index in [0.29, 0.717) is 28.0 Å². The molecule has 0 spiro atoms. The van der Waals surface area contributed by atoms with Gasteiger partial charge in [-0.25, -0.2) is 0 Å². The molecule has 0 unspecified atom stereocenters. The summed E-state index contributed by atoms with van der Waals surface area (Å²) in [4.78, 5) is 18.3. The largest absolute Gasteiger partial charge is 0.453 e. The van der Waals surface area contributed by atoms with Crippen LogP contribution in [0.15, 0.2) is 88.5 Å². The van der Waals surface area contributed by atoms with Crippen LogP contribution in [-0.2, 0) is 5.54 Å². The van der Waals surface area contributed by atoms with Crippen LogP contribution in [0.5, 0.6) is 0 Å². The Morgan fingerprint density at radius 2 is 1.71 bits per heavy atom. The normalized spacial score (nSPS) is 14.4. The molecule has 0 radical (unpaired) electrons. The molecule has 6 rings (SSSR count). The molecule has 3 N–H and O–H groups in total. The van der Waals surface area contributed by atoms with Gasteiger partial charge in [-0.15, -0.1) is 12.4 Å². The third-order valence-electron chi connectivity index (χ3n) is 6.61. The minimum Gasteiger partial charge on any atom is -0.453 e. The van der Waals surface area contributed by atoms with Gasteiger partial charge in [0.25, 0.3) is 0 Å². The fourth-order valence-electron chi connectivity index (χ4n) is 4.58. The summed E-state index contributed by atoms with van der Waals surface area (Å²) >= 11 is 0. The Balaban J connectivity index is 0.00000241. The fourth-order valence-corrected chi connectivity index (χ4v) is 4.58. The topological polar surface area (TPSA) is 97.8 Å². The van der Waals surface area contributed by atoms with Gasteiger partial charge in [0.15, 0.2) is 5.58 Å². The first-order valence-corrected chi connectivity index (χ1v) is 11.0. The Bertz CT molecular complexity index is 1510. The lowest BCUT2D eigenvalue weighted by molar-refractivity contribution is 0.253. The van der Waals surface area contributed by atoms with Gasteiger partial charge < -0.3 is 10.2 Å². The van der Waals surface area contributed by atoms with E-state index in [9.17, 15) is 4.79 Å². The number of nitrogens with two attached hydrogens (primary N) is 1. The van der Waals surface area contributed by atoms with Crippen molar-refractivity contribution in [3.05, 3.63) is 95.0 Å². The van der Waals surface area contributed by atoms with Crippen molar-refractivity contribution in [3.8, 4) is 33.7 Å². The SMILES string of the molecule is Cl.NC1(c2ccc(-c3c(-c4ccccc4)oc4c(-c5cn[nH]c5)nccc4c3=O)cc2)CCC1. The van der Waals surface area contributed by atoms with E-state index in [-0.39, 0.29) is 23.4 Å². The van der Waals surface area contributed by atoms with Crippen molar-refractivity contribution in [2.75, 3.05) is 0 Å². The van der Waals surface area contributed by atoms with Gasteiger partial charge in [-0.1, -0.05) is 54.6 Å². The predicted octanol–water partition coefficient (Wildman–Crippen LogP) is 5.67. The smallest absolute Gasteiger partial charge is 0.201 e. The molecule has 0 saturated heterocycles. The van der Waals surface area contributed by atoms with Crippen molar-refractivity contribution < 1.29 is 4.42 Å². The van der Waals surface area contributed by atoms with Crippen molar-refractivity contribution in [3.63, 3.8) is 0 Å². The van der Waals surface area contributed by atoms with E-state index in [0.717, 1.165) is 41.5 Å². The second kappa shape index (κ2) is 8.56. The van der Waals surface area contributed by atoms with Crippen molar-refractivity contribution in [2.24, 2.45) is 5.73 Å². The van der Waals surface area contributed by atoms with Crippen LogP contribution >= 0.6 is 12.4 Å². The van der Waals surface area contributed by atoms with E-state index in [1.807, 2.05) is 54.6 Å². The van der Waals surface area contributed by atoms with Crippen LogP contribution in [-0.4, -0.2) is 15.2 Å². The summed E-state index contributed by atoms with van der Waals surface area (Å²) in [5, 5.41) is 7.30. The first kappa shape index (κ1) is 22.1. The number of rotatable bonds is 4. The van der Waals surface area contributed by atoms with Crippen molar-refractivity contribution in [1.82, 2.24) is 15.2 Å². The Hall–Kier alpha value is -3.74. The van der Waals surface area contributed by atoms with Gasteiger partial charge in [-0.2, -0.15) is 5.10 Å². The number of aromatic amines is 1. The Labute approximate surface area is 202 Å². The molecule has 7 heteroatoms. The predicted molar refractivity (Wildman–Crippen MR) is 136 cm³/mol. The molecule has 1 fully saturated rings. The third kappa shape index (κ3) is 3.52. The highest BCUT2D eigenvalue weighted by atomic mass is 35.5. The number of halogens is 1. The lowest BCUT2D eigenvalue weighted by Crippen LogP contribution is -2.43. The Kier molecular flexibility index (Phi) is 5.55. The second-order valence-electron chi connectivity index (χ2n) is 8.61. The third-order valence-corrected chi connectivity index (χ3v) is 6.61. The maximum atomic E-state index is 13.9. The number of fused-ring (bicyclic) bond motifs is 1. The molecule has 1 saturated carbocycles. The lowest BCUT2D eigenvalue weighted by Gasteiger charge is -2.38. The van der Waals surface area contributed by atoms with Gasteiger partial charge in [0.2, 0.25) is 5.43 Å². The summed E-state index contributed by atoms with van der Waals surface area (Å²) in [6.45, 7) is 0. The monoisotopic (exact) mass is 470 g/mol. The van der Waals surface area contributed by atoms with E-state index in [4.69, 9.17) is 10.2 Å². The molecular weight excluding hydrogens is 448 g/mol.